The minimum Gasteiger partial charge on any atom is -0.363 e. The van der Waals surface area contributed by atoms with Gasteiger partial charge in [-0.25, -0.2) is 4.79 Å². The first-order chi connectivity index (χ1) is 13.8. The van der Waals surface area contributed by atoms with Gasteiger partial charge in [0, 0.05) is 31.9 Å². The van der Waals surface area contributed by atoms with Gasteiger partial charge >= 0.3 is 6.03 Å². The van der Waals surface area contributed by atoms with Crippen LogP contribution in [0.3, 0.4) is 0 Å². The van der Waals surface area contributed by atoms with Gasteiger partial charge in [0.05, 0.1) is 27.8 Å². The Labute approximate surface area is 178 Å². The van der Waals surface area contributed by atoms with Gasteiger partial charge in [0.15, 0.2) is 0 Å². The number of carbonyl (C=O) groups excluding carboxylic acids is 2. The molecule has 7 nitrogen and oxygen atoms in total. The number of hydrogen-bond acceptors (Lipinski definition) is 4. The van der Waals surface area contributed by atoms with Crippen LogP contribution in [0.4, 0.5) is 10.5 Å². The van der Waals surface area contributed by atoms with Crippen LogP contribution in [0.5, 0.6) is 0 Å². The molecule has 1 aromatic heterocycles. The van der Waals surface area contributed by atoms with Crippen LogP contribution in [0.2, 0.25) is 4.34 Å². The van der Waals surface area contributed by atoms with E-state index in [2.05, 4.69) is 5.32 Å². The first-order valence-electron chi connectivity index (χ1n) is 9.36. The molecule has 2 aliphatic heterocycles. The standard InChI is InChI=1S/C20H22ClN5O2S/c1-24(2)18(22)12-3-5-13(6-4-12)26-11-15-14(9-10-25(15)20(26)28)23-19(27)16-7-8-17(21)29-16/h3-8,14-15,22H,9-11H2,1-2H3,(H,23,27)/t14-,15-/m1/s1. The van der Waals surface area contributed by atoms with Gasteiger partial charge in [-0.3, -0.25) is 15.1 Å². The highest BCUT2D eigenvalue weighted by Gasteiger charge is 2.46. The highest BCUT2D eigenvalue weighted by Crippen LogP contribution is 2.31. The molecule has 2 aromatic rings. The Hall–Kier alpha value is -2.58. The van der Waals surface area contributed by atoms with Crippen LogP contribution in [-0.4, -0.2) is 66.8 Å². The van der Waals surface area contributed by atoms with E-state index in [9.17, 15) is 9.59 Å². The van der Waals surface area contributed by atoms with Crippen LogP contribution in [0.25, 0.3) is 0 Å². The fraction of sp³-hybridized carbons (Fsp3) is 0.350. The van der Waals surface area contributed by atoms with E-state index in [1.54, 1.807) is 21.9 Å². The zero-order valence-electron chi connectivity index (χ0n) is 16.2. The van der Waals surface area contributed by atoms with Gasteiger partial charge < -0.3 is 15.1 Å². The van der Waals surface area contributed by atoms with E-state index < -0.39 is 0 Å². The summed E-state index contributed by atoms with van der Waals surface area (Å²) >= 11 is 7.18. The van der Waals surface area contributed by atoms with Gasteiger partial charge in [0.1, 0.15) is 5.84 Å². The molecule has 0 bridgehead atoms. The molecule has 4 rings (SSSR count). The van der Waals surface area contributed by atoms with E-state index in [1.807, 2.05) is 43.3 Å². The lowest BCUT2D eigenvalue weighted by atomic mass is 10.1. The van der Waals surface area contributed by atoms with E-state index in [-0.39, 0.29) is 24.0 Å². The van der Waals surface area contributed by atoms with E-state index in [0.29, 0.717) is 28.1 Å². The summed E-state index contributed by atoms with van der Waals surface area (Å²) in [6.45, 7) is 1.15. The molecule has 3 amide bonds. The minimum absolute atomic E-state index is 0.0404. The van der Waals surface area contributed by atoms with Crippen molar-refractivity contribution in [3.8, 4) is 0 Å². The third kappa shape index (κ3) is 3.70. The number of amidine groups is 1. The molecular formula is C20H22ClN5O2S. The average molecular weight is 432 g/mol. The number of nitrogens with zero attached hydrogens (tertiary/aromatic N) is 3. The normalized spacial score (nSPS) is 20.7. The van der Waals surface area contributed by atoms with Gasteiger partial charge in [-0.15, -0.1) is 11.3 Å². The second-order valence-corrected chi connectivity index (χ2v) is 9.13. The molecule has 0 saturated carbocycles. The van der Waals surface area contributed by atoms with Crippen LogP contribution < -0.4 is 10.2 Å². The number of carbonyl (C=O) groups is 2. The largest absolute Gasteiger partial charge is 0.363 e. The monoisotopic (exact) mass is 431 g/mol. The highest BCUT2D eigenvalue weighted by molar-refractivity contribution is 7.18. The predicted molar refractivity (Wildman–Crippen MR) is 115 cm³/mol. The number of fused-ring (bicyclic) bond motifs is 1. The Morgan fingerprint density at radius 1 is 1.24 bits per heavy atom. The van der Waals surface area contributed by atoms with Crippen molar-refractivity contribution in [2.75, 3.05) is 32.1 Å². The van der Waals surface area contributed by atoms with Crippen LogP contribution in [-0.2, 0) is 0 Å². The van der Waals surface area contributed by atoms with Crippen molar-refractivity contribution in [2.45, 2.75) is 18.5 Å². The molecule has 2 atom stereocenters. The van der Waals surface area contributed by atoms with Crippen molar-refractivity contribution < 1.29 is 9.59 Å². The molecule has 0 radical (unpaired) electrons. The van der Waals surface area contributed by atoms with Crippen molar-refractivity contribution >= 4 is 46.4 Å². The molecular weight excluding hydrogens is 410 g/mol. The number of halogens is 1. The molecule has 3 heterocycles. The first kappa shape index (κ1) is 19.7. The van der Waals surface area contributed by atoms with E-state index in [4.69, 9.17) is 17.0 Å². The number of urea groups is 1. The van der Waals surface area contributed by atoms with E-state index in [1.165, 1.54) is 11.3 Å². The molecule has 2 aliphatic rings. The Balaban J connectivity index is 1.46. The van der Waals surface area contributed by atoms with Gasteiger partial charge in [-0.05, 0) is 42.8 Å². The molecule has 0 aliphatic carbocycles. The predicted octanol–water partition coefficient (Wildman–Crippen LogP) is 3.10. The number of amides is 3. The summed E-state index contributed by atoms with van der Waals surface area (Å²) in [4.78, 5) is 31.3. The molecule has 152 valence electrons. The summed E-state index contributed by atoms with van der Waals surface area (Å²) in [6, 6.07) is 10.7. The maximum atomic E-state index is 12.9. The topological polar surface area (TPSA) is 79.7 Å². The van der Waals surface area contributed by atoms with Gasteiger partial charge in [0.2, 0.25) is 0 Å². The lowest BCUT2D eigenvalue weighted by Gasteiger charge is -2.20. The van der Waals surface area contributed by atoms with Crippen LogP contribution in [0.1, 0.15) is 21.7 Å². The maximum absolute atomic E-state index is 12.9. The number of benzene rings is 1. The summed E-state index contributed by atoms with van der Waals surface area (Å²) in [6.07, 6.45) is 0.744. The Morgan fingerprint density at radius 3 is 2.59 bits per heavy atom. The van der Waals surface area contributed by atoms with E-state index in [0.717, 1.165) is 17.7 Å². The third-order valence-corrected chi connectivity index (χ3v) is 6.64. The summed E-state index contributed by atoms with van der Waals surface area (Å²) in [5, 5.41) is 11.1. The fourth-order valence-electron chi connectivity index (χ4n) is 3.85. The number of thiophene rings is 1. The average Bonchev–Trinajstić information content (AvgIpc) is 3.39. The Kier molecular flexibility index (Phi) is 5.23. The fourth-order valence-corrected chi connectivity index (χ4v) is 4.80. The van der Waals surface area contributed by atoms with Gasteiger partial charge in [-0.2, -0.15) is 0 Å². The molecule has 1 aromatic carbocycles. The van der Waals surface area contributed by atoms with Gasteiger partial charge in [0.25, 0.3) is 5.91 Å². The number of hydrogen-bond donors (Lipinski definition) is 2. The number of rotatable bonds is 4. The molecule has 0 unspecified atom stereocenters. The summed E-state index contributed by atoms with van der Waals surface area (Å²) in [5.41, 5.74) is 1.60. The molecule has 2 saturated heterocycles. The summed E-state index contributed by atoms with van der Waals surface area (Å²) in [7, 11) is 3.65. The van der Waals surface area contributed by atoms with Crippen LogP contribution in [0.15, 0.2) is 36.4 Å². The Bertz CT molecular complexity index is 958. The zero-order valence-corrected chi connectivity index (χ0v) is 17.8. The Morgan fingerprint density at radius 2 is 1.97 bits per heavy atom. The van der Waals surface area contributed by atoms with Crippen molar-refractivity contribution in [3.63, 3.8) is 0 Å². The molecule has 0 spiro atoms. The molecule has 2 N–H and O–H groups in total. The second-order valence-electron chi connectivity index (χ2n) is 7.42. The van der Waals surface area contributed by atoms with E-state index >= 15 is 0 Å². The first-order valence-corrected chi connectivity index (χ1v) is 10.6. The molecule has 2 fully saturated rings. The maximum Gasteiger partial charge on any atom is 0.324 e. The SMILES string of the molecule is CN(C)C(=N)c1ccc(N2C[C@@H]3[C@H](NC(=O)c4ccc(Cl)s4)CCN3C2=O)cc1. The molecule has 29 heavy (non-hydrogen) atoms. The quantitative estimate of drug-likeness (QED) is 0.576. The van der Waals surface area contributed by atoms with Crippen molar-refractivity contribution in [3.05, 3.63) is 51.2 Å². The van der Waals surface area contributed by atoms with Crippen molar-refractivity contribution in [2.24, 2.45) is 0 Å². The lowest BCUT2D eigenvalue weighted by molar-refractivity contribution is 0.0935. The summed E-state index contributed by atoms with van der Waals surface area (Å²) in [5.74, 6) is 0.271. The zero-order chi connectivity index (χ0) is 20.7. The number of nitrogens with one attached hydrogen (secondary N) is 2. The van der Waals surface area contributed by atoms with Crippen molar-refractivity contribution in [1.29, 1.82) is 5.41 Å². The van der Waals surface area contributed by atoms with Crippen LogP contribution >= 0.6 is 22.9 Å². The van der Waals surface area contributed by atoms with Gasteiger partial charge in [-0.1, -0.05) is 11.6 Å². The number of anilines is 1. The smallest absolute Gasteiger partial charge is 0.324 e. The van der Waals surface area contributed by atoms with Crippen LogP contribution in [0, 0.1) is 5.41 Å². The minimum atomic E-state index is -0.147. The second kappa shape index (κ2) is 7.68. The van der Waals surface area contributed by atoms with Crippen molar-refractivity contribution in [1.82, 2.24) is 15.1 Å². The highest BCUT2D eigenvalue weighted by atomic mass is 35.5. The lowest BCUT2D eigenvalue weighted by Crippen LogP contribution is -2.44. The molecule has 9 heteroatoms. The third-order valence-electron chi connectivity index (χ3n) is 5.41. The summed E-state index contributed by atoms with van der Waals surface area (Å²) < 4.78 is 0.580.